The molecule has 2 atom stereocenters. The highest BCUT2D eigenvalue weighted by molar-refractivity contribution is 5.81. The van der Waals surface area contributed by atoms with Crippen molar-refractivity contribution in [1.29, 1.82) is 0 Å². The van der Waals surface area contributed by atoms with Crippen molar-refractivity contribution in [2.75, 3.05) is 58.9 Å². The summed E-state index contributed by atoms with van der Waals surface area (Å²) in [5.41, 5.74) is -5.44. The van der Waals surface area contributed by atoms with Crippen molar-refractivity contribution in [3.8, 4) is 0 Å². The van der Waals surface area contributed by atoms with E-state index in [9.17, 15) is 39.3 Å². The minimum atomic E-state index is -1.44. The van der Waals surface area contributed by atoms with Crippen molar-refractivity contribution in [2.45, 2.75) is 133 Å². The van der Waals surface area contributed by atoms with Crippen molar-refractivity contribution >= 4 is 29.8 Å². The first-order valence-corrected chi connectivity index (χ1v) is 17.8. The maximum Gasteiger partial charge on any atom is 0.325 e. The number of ether oxygens (including phenoxy) is 2. The number of hydrogen-bond acceptors (Lipinski definition) is 11. The quantitative estimate of drug-likeness (QED) is 0.248. The van der Waals surface area contributed by atoms with Gasteiger partial charge < -0.3 is 24.8 Å². The maximum absolute atomic E-state index is 13.5. The second-order valence-corrected chi connectivity index (χ2v) is 19.0. The molecular weight excluding hydrogens is 660 g/mol. The van der Waals surface area contributed by atoms with E-state index in [0.717, 1.165) is 0 Å². The minimum absolute atomic E-state index is 0.0125. The zero-order chi connectivity index (χ0) is 40.1. The van der Waals surface area contributed by atoms with Crippen molar-refractivity contribution in [3.63, 3.8) is 0 Å². The number of carboxylic acids is 3. The van der Waals surface area contributed by atoms with Crippen molar-refractivity contribution in [3.05, 3.63) is 0 Å². The molecule has 0 aromatic heterocycles. The Balaban J connectivity index is 3.99. The SMILES string of the molecule is CC(C)(C)OC(=O)CN(CC(=O)OC(C)(C)C)CC1CN(C(C(=O)O)C(C)(C)C)CCN(C(C(=O)O)(C(C)(C)C)C(C)(C)C)CCN1CC(=O)O. The van der Waals surface area contributed by atoms with Gasteiger partial charge in [-0.05, 0) is 57.8 Å². The third-order valence-electron chi connectivity index (χ3n) is 9.00. The predicted octanol–water partition coefficient (Wildman–Crippen LogP) is 3.76. The number of hydrogen-bond donors (Lipinski definition) is 3. The van der Waals surface area contributed by atoms with Crippen LogP contribution in [-0.4, -0.2) is 152 Å². The molecule has 1 heterocycles. The van der Waals surface area contributed by atoms with Gasteiger partial charge in [0, 0.05) is 45.3 Å². The standard InChI is InChI=1S/C37H68N4O10/c1-32(2,3)29(30(46)47)40-17-19-41(37(31(48)49,33(4,5)6)34(7,8)9)18-16-39(22-26(42)43)25(21-40)20-38(23-27(44)50-35(10,11)12)24-28(45)51-36(13,14)15/h25,29H,16-24H2,1-15H3,(H,42,43)(H,46,47)(H,48,49). The maximum atomic E-state index is 13.5. The van der Waals surface area contributed by atoms with Crippen LogP contribution in [0.3, 0.4) is 0 Å². The first kappa shape index (κ1) is 46.2. The predicted molar refractivity (Wildman–Crippen MR) is 194 cm³/mol. The molecule has 2 unspecified atom stereocenters. The van der Waals surface area contributed by atoms with Crippen LogP contribution in [0.1, 0.15) is 104 Å². The van der Waals surface area contributed by atoms with Crippen LogP contribution < -0.4 is 0 Å². The van der Waals surface area contributed by atoms with Gasteiger partial charge in [0.1, 0.15) is 22.8 Å². The second-order valence-electron chi connectivity index (χ2n) is 19.0. The Kier molecular flexibility index (Phi) is 15.3. The van der Waals surface area contributed by atoms with Crippen LogP contribution in [0.25, 0.3) is 0 Å². The Morgan fingerprint density at radius 2 is 1.12 bits per heavy atom. The molecule has 0 aromatic carbocycles. The van der Waals surface area contributed by atoms with E-state index in [4.69, 9.17) is 9.47 Å². The van der Waals surface area contributed by atoms with Crippen LogP contribution in [0.2, 0.25) is 0 Å². The fourth-order valence-corrected chi connectivity index (χ4v) is 7.92. The van der Waals surface area contributed by atoms with Gasteiger partial charge in [-0.15, -0.1) is 0 Å². The lowest BCUT2D eigenvalue weighted by molar-refractivity contribution is -0.176. The van der Waals surface area contributed by atoms with Gasteiger partial charge in [-0.2, -0.15) is 0 Å². The van der Waals surface area contributed by atoms with Gasteiger partial charge in [-0.3, -0.25) is 43.6 Å². The van der Waals surface area contributed by atoms with Crippen molar-refractivity contribution in [1.82, 2.24) is 19.6 Å². The van der Waals surface area contributed by atoms with Gasteiger partial charge in [-0.25, -0.2) is 0 Å². The lowest BCUT2D eigenvalue weighted by Crippen LogP contribution is -2.70. The summed E-state index contributed by atoms with van der Waals surface area (Å²) in [6, 6.07) is -1.75. The van der Waals surface area contributed by atoms with Gasteiger partial charge in [0.2, 0.25) is 0 Å². The molecule has 1 aliphatic heterocycles. The van der Waals surface area contributed by atoms with E-state index in [-0.39, 0.29) is 52.4 Å². The van der Waals surface area contributed by atoms with E-state index in [0.29, 0.717) is 0 Å². The molecule has 14 heteroatoms. The number of carbonyl (C=O) groups is 5. The molecule has 1 aliphatic rings. The molecule has 0 amide bonds. The van der Waals surface area contributed by atoms with E-state index in [1.54, 1.807) is 56.2 Å². The van der Waals surface area contributed by atoms with Crippen LogP contribution in [0.5, 0.6) is 0 Å². The summed E-state index contributed by atoms with van der Waals surface area (Å²) in [5, 5.41) is 31.8. The van der Waals surface area contributed by atoms with Crippen LogP contribution in [-0.2, 0) is 33.4 Å². The highest BCUT2D eigenvalue weighted by Gasteiger charge is 2.60. The van der Waals surface area contributed by atoms with E-state index < -0.39 is 81.5 Å². The van der Waals surface area contributed by atoms with E-state index in [1.165, 1.54) is 0 Å². The van der Waals surface area contributed by atoms with Crippen LogP contribution >= 0.6 is 0 Å². The first-order valence-electron chi connectivity index (χ1n) is 17.8. The molecule has 1 saturated heterocycles. The number of rotatable bonds is 12. The Morgan fingerprint density at radius 1 is 0.686 bits per heavy atom. The fourth-order valence-electron chi connectivity index (χ4n) is 7.92. The molecular formula is C37H68N4O10. The third-order valence-corrected chi connectivity index (χ3v) is 9.00. The van der Waals surface area contributed by atoms with Gasteiger partial charge in [0.25, 0.3) is 0 Å². The zero-order valence-corrected chi connectivity index (χ0v) is 34.0. The molecule has 296 valence electrons. The Bertz CT molecular complexity index is 1190. The summed E-state index contributed by atoms with van der Waals surface area (Å²) < 4.78 is 11.2. The Hall–Kier alpha value is -2.81. The molecule has 14 nitrogen and oxygen atoms in total. The van der Waals surface area contributed by atoms with Crippen molar-refractivity contribution in [2.24, 2.45) is 16.2 Å². The van der Waals surface area contributed by atoms with Crippen LogP contribution in [0.15, 0.2) is 0 Å². The summed E-state index contributed by atoms with van der Waals surface area (Å²) in [4.78, 5) is 72.1. The van der Waals surface area contributed by atoms with E-state index in [1.807, 2.05) is 67.2 Å². The molecule has 0 aromatic rings. The molecule has 0 radical (unpaired) electrons. The number of carboxylic acid groups (broad SMARTS) is 3. The van der Waals surface area contributed by atoms with Gasteiger partial charge in [-0.1, -0.05) is 62.3 Å². The average molecular weight is 729 g/mol. The van der Waals surface area contributed by atoms with Gasteiger partial charge >= 0.3 is 29.8 Å². The third kappa shape index (κ3) is 13.3. The first-order chi connectivity index (χ1) is 22.7. The molecule has 0 spiro atoms. The number of esters is 2. The summed E-state index contributed by atoms with van der Waals surface area (Å²) in [6.07, 6.45) is 0. The fraction of sp³-hybridized carbons (Fsp3) is 0.865. The molecule has 1 rings (SSSR count). The van der Waals surface area contributed by atoms with Crippen molar-refractivity contribution < 1.29 is 48.8 Å². The monoisotopic (exact) mass is 728 g/mol. The minimum Gasteiger partial charge on any atom is -0.480 e. The number of aliphatic carboxylic acids is 3. The normalized spacial score (nSPS) is 19.1. The number of nitrogens with zero attached hydrogens (tertiary/aromatic N) is 4. The smallest absolute Gasteiger partial charge is 0.325 e. The molecule has 51 heavy (non-hydrogen) atoms. The lowest BCUT2D eigenvalue weighted by atomic mass is 9.59. The summed E-state index contributed by atoms with van der Waals surface area (Å²) in [6.45, 7) is 26.6. The molecule has 0 aliphatic carbocycles. The summed E-state index contributed by atoms with van der Waals surface area (Å²) in [7, 11) is 0. The highest BCUT2D eigenvalue weighted by Crippen LogP contribution is 2.48. The average Bonchev–Trinajstić information content (AvgIpc) is 2.89. The van der Waals surface area contributed by atoms with Crippen LogP contribution in [0.4, 0.5) is 0 Å². The molecule has 1 fully saturated rings. The molecule has 3 N–H and O–H groups in total. The van der Waals surface area contributed by atoms with Gasteiger partial charge in [0.15, 0.2) is 0 Å². The lowest BCUT2D eigenvalue weighted by Gasteiger charge is -2.56. The zero-order valence-electron chi connectivity index (χ0n) is 34.0. The molecule has 0 bridgehead atoms. The summed E-state index contributed by atoms with van der Waals surface area (Å²) in [5.74, 6) is -4.43. The van der Waals surface area contributed by atoms with Crippen LogP contribution in [0, 0.1) is 16.2 Å². The number of carbonyl (C=O) groups excluding carboxylic acids is 2. The summed E-state index contributed by atoms with van der Waals surface area (Å²) >= 11 is 0. The second kappa shape index (κ2) is 16.9. The van der Waals surface area contributed by atoms with E-state index in [2.05, 4.69) is 0 Å². The highest BCUT2D eigenvalue weighted by atomic mass is 16.6. The Labute approximate surface area is 305 Å². The largest absolute Gasteiger partial charge is 0.480 e. The topological polar surface area (TPSA) is 177 Å². The molecule has 0 saturated carbocycles. The Morgan fingerprint density at radius 3 is 1.45 bits per heavy atom. The van der Waals surface area contributed by atoms with E-state index >= 15 is 0 Å². The van der Waals surface area contributed by atoms with Gasteiger partial charge in [0.05, 0.1) is 19.6 Å².